The second kappa shape index (κ2) is 12.8. The van der Waals surface area contributed by atoms with Gasteiger partial charge in [-0.2, -0.15) is 0 Å². The number of benzene rings is 2. The number of hydrogen-bond acceptors (Lipinski definition) is 5. The summed E-state index contributed by atoms with van der Waals surface area (Å²) in [5.41, 5.74) is 9.60. The third-order valence-electron chi connectivity index (χ3n) is 6.01. The lowest BCUT2D eigenvalue weighted by atomic mass is 10.0. The fraction of sp³-hybridized carbons (Fsp3) is 0.379. The van der Waals surface area contributed by atoms with Gasteiger partial charge in [0.05, 0.1) is 5.69 Å². The van der Waals surface area contributed by atoms with Crippen LogP contribution in [0.1, 0.15) is 85.6 Å². The molecule has 1 aliphatic rings. The molecule has 2 aromatic rings. The van der Waals surface area contributed by atoms with Crippen LogP contribution in [0.25, 0.3) is 6.08 Å². The van der Waals surface area contributed by atoms with Crippen LogP contribution in [-0.2, 0) is 4.79 Å². The normalized spacial score (nSPS) is 12.6. The minimum Gasteiger partial charge on any atom is -0.387 e. The van der Waals surface area contributed by atoms with E-state index in [1.807, 2.05) is 17.9 Å². The number of carbonyl (C=O) groups is 3. The van der Waals surface area contributed by atoms with E-state index in [0.29, 0.717) is 53.4 Å². The molecule has 0 radical (unpaired) electrons. The molecule has 2 aromatic carbocycles. The van der Waals surface area contributed by atoms with E-state index in [1.165, 1.54) is 0 Å². The number of hydrogen-bond donors (Lipinski definition) is 2. The molecule has 0 fully saturated rings. The summed E-state index contributed by atoms with van der Waals surface area (Å²) in [5, 5.41) is 2.87. The first-order valence-corrected chi connectivity index (χ1v) is 12.8. The van der Waals surface area contributed by atoms with Crippen molar-refractivity contribution >= 4 is 40.9 Å². The van der Waals surface area contributed by atoms with Gasteiger partial charge in [0, 0.05) is 53.9 Å². The predicted molar refractivity (Wildman–Crippen MR) is 146 cm³/mol. The van der Waals surface area contributed by atoms with Gasteiger partial charge in [0.15, 0.2) is 5.78 Å². The summed E-state index contributed by atoms with van der Waals surface area (Å²) in [6.45, 7) is 7.53. The zero-order valence-electron chi connectivity index (χ0n) is 21.5. The van der Waals surface area contributed by atoms with Crippen molar-refractivity contribution in [1.29, 1.82) is 0 Å². The zero-order chi connectivity index (χ0) is 26.1. The molecule has 1 heterocycles. The first-order chi connectivity index (χ1) is 17.4. The molecule has 7 heteroatoms. The van der Waals surface area contributed by atoms with E-state index >= 15 is 0 Å². The van der Waals surface area contributed by atoms with Crippen LogP contribution in [0.2, 0.25) is 0 Å². The second-order valence-electron chi connectivity index (χ2n) is 9.08. The number of amidine groups is 1. The second-order valence-corrected chi connectivity index (χ2v) is 9.08. The molecule has 0 aliphatic carbocycles. The molecule has 0 spiro atoms. The van der Waals surface area contributed by atoms with Crippen LogP contribution < -0.4 is 11.1 Å². The minimum atomic E-state index is -0.314. The van der Waals surface area contributed by atoms with Crippen molar-refractivity contribution in [3.8, 4) is 0 Å². The molecule has 1 aliphatic heterocycles. The van der Waals surface area contributed by atoms with Crippen LogP contribution in [0.15, 0.2) is 53.0 Å². The summed E-state index contributed by atoms with van der Waals surface area (Å²) < 4.78 is 0. The number of unbranched alkanes of at least 4 members (excludes halogenated alkanes) is 1. The summed E-state index contributed by atoms with van der Waals surface area (Å²) >= 11 is 0. The highest BCUT2D eigenvalue weighted by atomic mass is 16.2. The van der Waals surface area contributed by atoms with Crippen molar-refractivity contribution in [3.63, 3.8) is 0 Å². The molecule has 3 N–H and O–H groups in total. The van der Waals surface area contributed by atoms with Gasteiger partial charge in [0.1, 0.15) is 5.84 Å². The Morgan fingerprint density at radius 2 is 1.72 bits per heavy atom. The average molecular weight is 489 g/mol. The van der Waals surface area contributed by atoms with Gasteiger partial charge in [-0.15, -0.1) is 0 Å². The van der Waals surface area contributed by atoms with Crippen LogP contribution >= 0.6 is 0 Å². The highest BCUT2D eigenvalue weighted by molar-refractivity contribution is 6.08. The van der Waals surface area contributed by atoms with Crippen LogP contribution in [0.4, 0.5) is 11.4 Å². The molecule has 3 rings (SSSR count). The van der Waals surface area contributed by atoms with Crippen molar-refractivity contribution in [3.05, 3.63) is 64.7 Å². The number of ketones is 1. The largest absolute Gasteiger partial charge is 0.387 e. The number of amides is 2. The van der Waals surface area contributed by atoms with Gasteiger partial charge in [-0.25, -0.2) is 4.99 Å². The van der Waals surface area contributed by atoms with Crippen molar-refractivity contribution in [2.45, 2.75) is 59.3 Å². The number of nitrogens with zero attached hydrogens (tertiary/aromatic N) is 2. The number of fused-ring (bicyclic) bond motifs is 1. The Bertz CT molecular complexity index is 1180. The van der Waals surface area contributed by atoms with E-state index in [4.69, 9.17) is 5.73 Å². The SMILES string of the molecule is CCCCC(=O)c1cccc(NC(=O)c2ccc3c(c2)N=C(N)CC(C(=O)N(CCC)CCC)=C3)c1. The van der Waals surface area contributed by atoms with E-state index in [-0.39, 0.29) is 24.0 Å². The van der Waals surface area contributed by atoms with Crippen LogP contribution in [0, 0.1) is 0 Å². The summed E-state index contributed by atoms with van der Waals surface area (Å²) in [7, 11) is 0. The molecule has 7 nitrogen and oxygen atoms in total. The van der Waals surface area contributed by atoms with E-state index in [2.05, 4.69) is 24.2 Å². The quantitative estimate of drug-likeness (QED) is 0.394. The minimum absolute atomic E-state index is 0.0279. The van der Waals surface area contributed by atoms with Crippen molar-refractivity contribution in [1.82, 2.24) is 4.90 Å². The summed E-state index contributed by atoms with van der Waals surface area (Å²) in [6.07, 6.45) is 6.13. The Labute approximate surface area is 213 Å². The number of nitrogens with two attached hydrogens (primary N) is 1. The maximum Gasteiger partial charge on any atom is 0.255 e. The molecule has 2 amide bonds. The van der Waals surface area contributed by atoms with Crippen LogP contribution in [0.3, 0.4) is 0 Å². The molecular formula is C29H36N4O3. The van der Waals surface area contributed by atoms with Gasteiger partial charge in [0.2, 0.25) is 5.91 Å². The lowest BCUT2D eigenvalue weighted by Gasteiger charge is -2.22. The van der Waals surface area contributed by atoms with E-state index in [9.17, 15) is 14.4 Å². The van der Waals surface area contributed by atoms with Crippen LogP contribution in [-0.4, -0.2) is 41.4 Å². The number of Topliss-reactive ketones (excluding diaryl/α,β-unsaturated/α-hetero) is 1. The number of nitrogens with one attached hydrogen (secondary N) is 1. The molecular weight excluding hydrogens is 452 g/mol. The number of carbonyl (C=O) groups excluding carboxylic acids is 3. The van der Waals surface area contributed by atoms with Crippen molar-refractivity contribution in [2.24, 2.45) is 10.7 Å². The van der Waals surface area contributed by atoms with E-state index in [0.717, 1.165) is 31.2 Å². The maximum atomic E-state index is 13.2. The molecule has 190 valence electrons. The van der Waals surface area contributed by atoms with Gasteiger partial charge in [-0.3, -0.25) is 14.4 Å². The Kier molecular flexibility index (Phi) is 9.56. The lowest BCUT2D eigenvalue weighted by Crippen LogP contribution is -2.34. The van der Waals surface area contributed by atoms with E-state index in [1.54, 1.807) is 42.5 Å². The topological polar surface area (TPSA) is 105 Å². The summed E-state index contributed by atoms with van der Waals surface area (Å²) in [5.74, 6) is 0.0553. The number of rotatable bonds is 11. The zero-order valence-corrected chi connectivity index (χ0v) is 21.5. The van der Waals surface area contributed by atoms with Gasteiger partial charge in [0.25, 0.3) is 5.91 Å². The van der Waals surface area contributed by atoms with Gasteiger partial charge in [-0.05, 0) is 49.6 Å². The Hall–Kier alpha value is -3.74. The van der Waals surface area contributed by atoms with Crippen molar-refractivity contribution in [2.75, 3.05) is 18.4 Å². The summed E-state index contributed by atoms with van der Waals surface area (Å²) in [6, 6.07) is 12.2. The first-order valence-electron chi connectivity index (χ1n) is 12.8. The molecule has 0 aromatic heterocycles. The molecule has 0 saturated carbocycles. The Balaban J connectivity index is 1.81. The monoisotopic (exact) mass is 488 g/mol. The fourth-order valence-corrected chi connectivity index (χ4v) is 4.18. The third-order valence-corrected chi connectivity index (χ3v) is 6.01. The van der Waals surface area contributed by atoms with Gasteiger partial charge in [-0.1, -0.05) is 45.4 Å². The molecule has 0 unspecified atom stereocenters. The van der Waals surface area contributed by atoms with Crippen LogP contribution in [0.5, 0.6) is 0 Å². The van der Waals surface area contributed by atoms with Gasteiger partial charge >= 0.3 is 0 Å². The predicted octanol–water partition coefficient (Wildman–Crippen LogP) is 5.74. The Morgan fingerprint density at radius 1 is 0.972 bits per heavy atom. The van der Waals surface area contributed by atoms with Gasteiger partial charge < -0.3 is 16.0 Å². The third kappa shape index (κ3) is 6.90. The molecule has 0 saturated heterocycles. The number of anilines is 1. The molecule has 0 atom stereocenters. The average Bonchev–Trinajstić information content (AvgIpc) is 3.04. The highest BCUT2D eigenvalue weighted by Gasteiger charge is 2.21. The number of aliphatic imine (C=N–C) groups is 1. The summed E-state index contributed by atoms with van der Waals surface area (Å²) in [4.78, 5) is 44.8. The lowest BCUT2D eigenvalue weighted by molar-refractivity contribution is -0.127. The molecule has 36 heavy (non-hydrogen) atoms. The first kappa shape index (κ1) is 26.9. The smallest absolute Gasteiger partial charge is 0.255 e. The van der Waals surface area contributed by atoms with Crippen molar-refractivity contribution < 1.29 is 14.4 Å². The highest BCUT2D eigenvalue weighted by Crippen LogP contribution is 2.29. The maximum absolute atomic E-state index is 13.2. The molecule has 0 bridgehead atoms. The van der Waals surface area contributed by atoms with E-state index < -0.39 is 0 Å². The fourth-order valence-electron chi connectivity index (χ4n) is 4.18. The standard InChI is InChI=1S/C29H36N4O3/c1-4-7-11-26(34)21-9-8-10-24(17-21)31-28(35)22-13-12-20-16-23(19-27(30)32-25(20)18-22)29(36)33(14-5-2)15-6-3/h8-10,12-13,16-18H,4-7,11,14-15,19H2,1-3H3,(H2,30,32)(H,31,35). The Morgan fingerprint density at radius 3 is 2.42 bits per heavy atom.